The lowest BCUT2D eigenvalue weighted by molar-refractivity contribution is 0.312. The fourth-order valence-corrected chi connectivity index (χ4v) is 3.77. The predicted molar refractivity (Wildman–Crippen MR) is 118 cm³/mol. The molecule has 1 aliphatic heterocycles. The van der Waals surface area contributed by atoms with E-state index in [9.17, 15) is 0 Å². The molecule has 2 aromatic heterocycles. The largest absolute Gasteiger partial charge is 0.494 e. The van der Waals surface area contributed by atoms with Gasteiger partial charge in [0, 0.05) is 55.4 Å². The Hall–Kier alpha value is -2.73. The molecule has 0 amide bonds. The minimum atomic E-state index is 0.275. The standard InChI is InChI=1S/C23H29N5O/c1-15(2)23-24-7-6-19(26-23)20-12-16(3)18-13-17(14-21(29-5)22(18)25-20)28-10-8-27(4)9-11-28/h6-7,12-15H,8-11H2,1-5H3. The third-order valence-electron chi connectivity index (χ3n) is 5.61. The van der Waals surface area contributed by atoms with Crippen LogP contribution in [0.2, 0.25) is 0 Å². The van der Waals surface area contributed by atoms with Crippen molar-refractivity contribution in [1.29, 1.82) is 0 Å². The van der Waals surface area contributed by atoms with Crippen LogP contribution in [0, 0.1) is 6.92 Å². The van der Waals surface area contributed by atoms with Gasteiger partial charge >= 0.3 is 0 Å². The lowest BCUT2D eigenvalue weighted by atomic mass is 10.0. The van der Waals surface area contributed by atoms with Gasteiger partial charge in [-0.15, -0.1) is 0 Å². The van der Waals surface area contributed by atoms with E-state index in [1.807, 2.05) is 12.3 Å². The van der Waals surface area contributed by atoms with Gasteiger partial charge in [0.2, 0.25) is 0 Å². The van der Waals surface area contributed by atoms with E-state index in [4.69, 9.17) is 14.7 Å². The summed E-state index contributed by atoms with van der Waals surface area (Å²) >= 11 is 0. The van der Waals surface area contributed by atoms with E-state index in [0.717, 1.165) is 60.0 Å². The lowest BCUT2D eigenvalue weighted by Crippen LogP contribution is -2.44. The minimum absolute atomic E-state index is 0.275. The summed E-state index contributed by atoms with van der Waals surface area (Å²) in [5.41, 5.74) is 4.95. The number of methoxy groups -OCH3 is 1. The van der Waals surface area contributed by atoms with E-state index >= 15 is 0 Å². The highest BCUT2D eigenvalue weighted by Crippen LogP contribution is 2.34. The van der Waals surface area contributed by atoms with Crippen LogP contribution in [0.1, 0.15) is 31.2 Å². The average molecular weight is 392 g/mol. The van der Waals surface area contributed by atoms with E-state index < -0.39 is 0 Å². The second-order valence-corrected chi connectivity index (χ2v) is 8.11. The van der Waals surface area contributed by atoms with Gasteiger partial charge in [0.05, 0.1) is 18.5 Å². The zero-order valence-electron chi connectivity index (χ0n) is 17.9. The van der Waals surface area contributed by atoms with E-state index in [1.165, 1.54) is 11.3 Å². The lowest BCUT2D eigenvalue weighted by Gasteiger charge is -2.34. The van der Waals surface area contributed by atoms with Gasteiger partial charge in [-0.1, -0.05) is 13.8 Å². The Labute approximate surface area is 172 Å². The van der Waals surface area contributed by atoms with Crippen LogP contribution in [-0.4, -0.2) is 60.2 Å². The molecule has 3 aromatic rings. The van der Waals surface area contributed by atoms with Gasteiger partial charge in [-0.2, -0.15) is 0 Å². The number of piperazine rings is 1. The Morgan fingerprint density at radius 1 is 1.00 bits per heavy atom. The SMILES string of the molecule is COc1cc(N2CCN(C)CC2)cc2c(C)cc(-c3ccnc(C(C)C)n3)nc12. The number of hydrogen-bond donors (Lipinski definition) is 0. The second-order valence-electron chi connectivity index (χ2n) is 8.11. The molecule has 3 heterocycles. The van der Waals surface area contributed by atoms with Crippen LogP contribution in [-0.2, 0) is 0 Å². The number of aromatic nitrogens is 3. The van der Waals surface area contributed by atoms with Crippen molar-refractivity contribution in [3.05, 3.63) is 41.9 Å². The predicted octanol–water partition coefficient (Wildman–Crippen LogP) is 3.88. The number of fused-ring (bicyclic) bond motifs is 1. The number of rotatable bonds is 4. The Kier molecular flexibility index (Phi) is 5.37. The van der Waals surface area contributed by atoms with Crippen molar-refractivity contribution in [3.63, 3.8) is 0 Å². The van der Waals surface area contributed by atoms with Gasteiger partial charge in [0.25, 0.3) is 0 Å². The average Bonchev–Trinajstić information content (AvgIpc) is 2.73. The molecule has 1 aliphatic rings. The summed E-state index contributed by atoms with van der Waals surface area (Å²) in [5.74, 6) is 1.91. The third kappa shape index (κ3) is 3.90. The van der Waals surface area contributed by atoms with E-state index in [0.29, 0.717) is 0 Å². The summed E-state index contributed by atoms with van der Waals surface area (Å²) in [4.78, 5) is 18.8. The van der Waals surface area contributed by atoms with Crippen LogP contribution in [0.4, 0.5) is 5.69 Å². The number of likely N-dealkylation sites (N-methyl/N-ethyl adjacent to an activating group) is 1. The smallest absolute Gasteiger partial charge is 0.147 e. The molecule has 0 spiro atoms. The van der Waals surface area contributed by atoms with Crippen molar-refractivity contribution in [2.45, 2.75) is 26.7 Å². The molecule has 0 bridgehead atoms. The van der Waals surface area contributed by atoms with Crippen LogP contribution >= 0.6 is 0 Å². The van der Waals surface area contributed by atoms with Crippen molar-refractivity contribution in [3.8, 4) is 17.1 Å². The highest BCUT2D eigenvalue weighted by molar-refractivity contribution is 5.92. The molecule has 0 atom stereocenters. The zero-order valence-corrected chi connectivity index (χ0v) is 17.9. The molecule has 0 saturated carbocycles. The summed E-state index contributed by atoms with van der Waals surface area (Å²) in [6.45, 7) is 10.5. The van der Waals surface area contributed by atoms with E-state index in [-0.39, 0.29) is 5.92 Å². The molecule has 1 saturated heterocycles. The van der Waals surface area contributed by atoms with Crippen LogP contribution in [0.15, 0.2) is 30.5 Å². The van der Waals surface area contributed by atoms with Gasteiger partial charge in [0.15, 0.2) is 0 Å². The molecule has 6 heteroatoms. The van der Waals surface area contributed by atoms with Crippen molar-refractivity contribution >= 4 is 16.6 Å². The number of aryl methyl sites for hydroxylation is 1. The quantitative estimate of drug-likeness (QED) is 0.673. The number of ether oxygens (including phenoxy) is 1. The molecule has 4 rings (SSSR count). The first-order valence-corrected chi connectivity index (χ1v) is 10.2. The van der Waals surface area contributed by atoms with Gasteiger partial charge in [-0.25, -0.2) is 15.0 Å². The fraction of sp³-hybridized carbons (Fsp3) is 0.435. The first-order valence-electron chi connectivity index (χ1n) is 10.2. The Balaban J connectivity index is 1.80. The monoisotopic (exact) mass is 391 g/mol. The number of nitrogens with zero attached hydrogens (tertiary/aromatic N) is 5. The van der Waals surface area contributed by atoms with E-state index in [1.54, 1.807) is 7.11 Å². The highest BCUT2D eigenvalue weighted by atomic mass is 16.5. The number of anilines is 1. The summed E-state index contributed by atoms with van der Waals surface area (Å²) in [5, 5.41) is 1.13. The molecule has 0 radical (unpaired) electrons. The van der Waals surface area contributed by atoms with Crippen LogP contribution in [0.25, 0.3) is 22.3 Å². The zero-order chi connectivity index (χ0) is 20.5. The Bertz CT molecular complexity index is 1030. The summed E-state index contributed by atoms with van der Waals surface area (Å²) in [7, 11) is 3.89. The van der Waals surface area contributed by atoms with Crippen molar-refractivity contribution < 1.29 is 4.74 Å². The van der Waals surface area contributed by atoms with Crippen molar-refractivity contribution in [1.82, 2.24) is 19.9 Å². The number of benzene rings is 1. The molecular formula is C23H29N5O. The van der Waals surface area contributed by atoms with Crippen LogP contribution in [0.3, 0.4) is 0 Å². The summed E-state index contributed by atoms with van der Waals surface area (Å²) < 4.78 is 5.76. The Morgan fingerprint density at radius 3 is 2.45 bits per heavy atom. The first-order chi connectivity index (χ1) is 14.0. The van der Waals surface area contributed by atoms with Crippen LogP contribution in [0.5, 0.6) is 5.75 Å². The first kappa shape index (κ1) is 19.6. The molecule has 152 valence electrons. The van der Waals surface area contributed by atoms with Crippen molar-refractivity contribution in [2.24, 2.45) is 0 Å². The second kappa shape index (κ2) is 7.95. The van der Waals surface area contributed by atoms with E-state index in [2.05, 4.69) is 60.8 Å². The minimum Gasteiger partial charge on any atom is -0.494 e. The highest BCUT2D eigenvalue weighted by Gasteiger charge is 2.18. The molecule has 0 unspecified atom stereocenters. The maximum absolute atomic E-state index is 5.76. The van der Waals surface area contributed by atoms with Gasteiger partial charge in [-0.3, -0.25) is 0 Å². The normalized spacial score (nSPS) is 15.3. The molecule has 6 nitrogen and oxygen atoms in total. The van der Waals surface area contributed by atoms with Crippen molar-refractivity contribution in [2.75, 3.05) is 45.2 Å². The van der Waals surface area contributed by atoms with Gasteiger partial charge in [0.1, 0.15) is 17.1 Å². The van der Waals surface area contributed by atoms with Gasteiger partial charge in [-0.05, 0) is 37.7 Å². The maximum Gasteiger partial charge on any atom is 0.147 e. The molecule has 29 heavy (non-hydrogen) atoms. The fourth-order valence-electron chi connectivity index (χ4n) is 3.77. The van der Waals surface area contributed by atoms with Gasteiger partial charge < -0.3 is 14.5 Å². The topological polar surface area (TPSA) is 54.4 Å². The molecule has 1 fully saturated rings. The molecule has 1 aromatic carbocycles. The summed E-state index contributed by atoms with van der Waals surface area (Å²) in [6.07, 6.45) is 1.81. The summed E-state index contributed by atoms with van der Waals surface area (Å²) in [6, 6.07) is 8.39. The third-order valence-corrected chi connectivity index (χ3v) is 5.61. The molecule has 0 N–H and O–H groups in total. The Morgan fingerprint density at radius 2 is 1.76 bits per heavy atom. The molecule has 0 aliphatic carbocycles. The maximum atomic E-state index is 5.76. The number of pyridine rings is 1. The molecular weight excluding hydrogens is 362 g/mol. The van der Waals surface area contributed by atoms with Crippen LogP contribution < -0.4 is 9.64 Å². The number of hydrogen-bond acceptors (Lipinski definition) is 6.